The number of nitrogens with one attached hydrogen (secondary N) is 1. The van der Waals surface area contributed by atoms with E-state index in [-0.39, 0.29) is 5.91 Å². The van der Waals surface area contributed by atoms with Crippen molar-refractivity contribution in [2.45, 2.75) is 57.5 Å². The second-order valence-electron chi connectivity index (χ2n) is 9.61. The summed E-state index contributed by atoms with van der Waals surface area (Å²) in [5.41, 5.74) is 1.94. The topological polar surface area (TPSA) is 138 Å². The lowest BCUT2D eigenvalue weighted by molar-refractivity contribution is -0.193. The van der Waals surface area contributed by atoms with Gasteiger partial charge in [0.25, 0.3) is 5.91 Å². The molecule has 3 heterocycles. The molecule has 41 heavy (non-hydrogen) atoms. The Hall–Kier alpha value is -3.69. The van der Waals surface area contributed by atoms with Crippen molar-refractivity contribution in [1.29, 1.82) is 0 Å². The van der Waals surface area contributed by atoms with Gasteiger partial charge in [0, 0.05) is 51.3 Å². The molecule has 0 bridgehead atoms. The number of amides is 1. The second-order valence-corrected chi connectivity index (χ2v) is 9.61. The van der Waals surface area contributed by atoms with Crippen LogP contribution in [0.2, 0.25) is 0 Å². The van der Waals surface area contributed by atoms with Crippen LogP contribution in [0.25, 0.3) is 0 Å². The van der Waals surface area contributed by atoms with Gasteiger partial charge >= 0.3 is 24.3 Å². The fourth-order valence-electron chi connectivity index (χ4n) is 4.49. The summed E-state index contributed by atoms with van der Waals surface area (Å²) in [5.74, 6) is -4.20. The Labute approximate surface area is 231 Å². The molecule has 0 saturated heterocycles. The Morgan fingerprint density at radius 1 is 0.927 bits per heavy atom. The molecule has 228 valence electrons. The van der Waals surface area contributed by atoms with Crippen molar-refractivity contribution in [1.82, 2.24) is 25.0 Å². The number of halogens is 6. The number of rotatable bonds is 6. The van der Waals surface area contributed by atoms with Crippen molar-refractivity contribution < 1.29 is 50.9 Å². The minimum atomic E-state index is -5.08. The van der Waals surface area contributed by atoms with Crippen LogP contribution in [0.15, 0.2) is 36.8 Å². The van der Waals surface area contributed by atoms with Crippen molar-refractivity contribution >= 4 is 17.8 Å². The highest BCUT2D eigenvalue weighted by atomic mass is 19.4. The molecule has 0 aromatic carbocycles. The molecule has 1 unspecified atom stereocenters. The van der Waals surface area contributed by atoms with E-state index < -0.39 is 24.3 Å². The maximum atomic E-state index is 12.2. The van der Waals surface area contributed by atoms with E-state index in [1.165, 1.54) is 37.9 Å². The van der Waals surface area contributed by atoms with Gasteiger partial charge in [0.1, 0.15) is 0 Å². The summed E-state index contributed by atoms with van der Waals surface area (Å²) in [6, 6.07) is 5.74. The Balaban J connectivity index is 0.000000349. The molecule has 1 atom stereocenters. The van der Waals surface area contributed by atoms with Crippen molar-refractivity contribution in [3.8, 4) is 0 Å². The number of alkyl halides is 6. The highest BCUT2D eigenvalue weighted by molar-refractivity contribution is 5.93. The molecule has 10 nitrogen and oxygen atoms in total. The summed E-state index contributed by atoms with van der Waals surface area (Å²) in [5, 5.41) is 21.8. The summed E-state index contributed by atoms with van der Waals surface area (Å²) in [4.78, 5) is 36.6. The standard InChI is InChI=1S/C21H29N5O.2C2HF3O2/c27-21(19-6-3-9-22-12-19)23-10-7-18-14-25(13-17-4-1-2-5-17)16-20-8-11-24-26(20)15-18;2*3-2(4,5)1(6)7/h3,6,8-9,11-12,17-18H,1-2,4-5,7,10,13-16H2,(H,23,27);2*(H,6,7). The number of aliphatic carboxylic acids is 2. The summed E-state index contributed by atoms with van der Waals surface area (Å²) < 4.78 is 65.6. The van der Waals surface area contributed by atoms with Crippen LogP contribution < -0.4 is 5.32 Å². The largest absolute Gasteiger partial charge is 0.490 e. The van der Waals surface area contributed by atoms with Gasteiger partial charge in [-0.15, -0.1) is 0 Å². The van der Waals surface area contributed by atoms with Gasteiger partial charge in [-0.3, -0.25) is 19.4 Å². The number of hydrogen-bond acceptors (Lipinski definition) is 6. The average molecular weight is 596 g/mol. The number of carbonyl (C=O) groups excluding carboxylic acids is 1. The summed E-state index contributed by atoms with van der Waals surface area (Å²) >= 11 is 0. The van der Waals surface area contributed by atoms with Gasteiger partial charge in [-0.1, -0.05) is 12.8 Å². The molecular formula is C25H31F6N5O5. The third kappa shape index (κ3) is 12.2. The van der Waals surface area contributed by atoms with Gasteiger partial charge in [-0.05, 0) is 49.3 Å². The van der Waals surface area contributed by atoms with Gasteiger partial charge in [0.2, 0.25) is 0 Å². The highest BCUT2D eigenvalue weighted by Crippen LogP contribution is 2.27. The molecule has 1 saturated carbocycles. The Morgan fingerprint density at radius 3 is 2.07 bits per heavy atom. The highest BCUT2D eigenvalue weighted by Gasteiger charge is 2.38. The molecule has 2 aromatic rings. The van der Waals surface area contributed by atoms with E-state index in [4.69, 9.17) is 19.8 Å². The monoisotopic (exact) mass is 595 g/mol. The van der Waals surface area contributed by atoms with Crippen LogP contribution in [0.3, 0.4) is 0 Å². The van der Waals surface area contributed by atoms with Crippen LogP contribution in [0, 0.1) is 11.8 Å². The van der Waals surface area contributed by atoms with Crippen LogP contribution in [0.4, 0.5) is 26.3 Å². The number of carbonyl (C=O) groups is 3. The Morgan fingerprint density at radius 2 is 1.54 bits per heavy atom. The number of hydrogen-bond donors (Lipinski definition) is 3. The smallest absolute Gasteiger partial charge is 0.475 e. The number of pyridine rings is 1. The SMILES string of the molecule is O=C(NCCC1CN(CC2CCCC2)Cc2ccnn2C1)c1cccnc1.O=C(O)C(F)(F)F.O=C(O)C(F)(F)F. The van der Waals surface area contributed by atoms with E-state index in [9.17, 15) is 31.1 Å². The summed E-state index contributed by atoms with van der Waals surface area (Å²) in [6.45, 7) is 4.90. The fourth-order valence-corrected chi connectivity index (χ4v) is 4.49. The normalized spacial score (nSPS) is 17.7. The number of fused-ring (bicyclic) bond motifs is 1. The lowest BCUT2D eigenvalue weighted by Crippen LogP contribution is -2.34. The molecule has 1 fully saturated rings. The van der Waals surface area contributed by atoms with Crippen LogP contribution in [-0.4, -0.2) is 79.7 Å². The van der Waals surface area contributed by atoms with Gasteiger partial charge in [-0.2, -0.15) is 31.4 Å². The van der Waals surface area contributed by atoms with E-state index in [1.54, 1.807) is 24.5 Å². The number of carboxylic acids is 2. The van der Waals surface area contributed by atoms with Crippen molar-refractivity contribution in [3.05, 3.63) is 48.0 Å². The zero-order valence-electron chi connectivity index (χ0n) is 21.9. The average Bonchev–Trinajstić information content (AvgIpc) is 3.53. The zero-order chi connectivity index (χ0) is 30.6. The molecule has 0 radical (unpaired) electrons. The third-order valence-electron chi connectivity index (χ3n) is 6.38. The predicted octanol–water partition coefficient (Wildman–Crippen LogP) is 3.99. The Kier molecular flexibility index (Phi) is 12.5. The first-order valence-corrected chi connectivity index (χ1v) is 12.7. The van der Waals surface area contributed by atoms with E-state index in [2.05, 4.69) is 31.0 Å². The molecule has 0 spiro atoms. The lowest BCUT2D eigenvalue weighted by Gasteiger charge is -2.26. The number of aromatic nitrogens is 3. The summed E-state index contributed by atoms with van der Waals surface area (Å²) in [7, 11) is 0. The van der Waals surface area contributed by atoms with E-state index in [0.29, 0.717) is 18.0 Å². The van der Waals surface area contributed by atoms with Gasteiger partial charge in [0.15, 0.2) is 0 Å². The molecular weight excluding hydrogens is 564 g/mol. The lowest BCUT2D eigenvalue weighted by atomic mass is 10.0. The van der Waals surface area contributed by atoms with Gasteiger partial charge < -0.3 is 15.5 Å². The predicted molar refractivity (Wildman–Crippen MR) is 132 cm³/mol. The molecule has 16 heteroatoms. The van der Waals surface area contributed by atoms with Crippen molar-refractivity contribution in [3.63, 3.8) is 0 Å². The van der Waals surface area contributed by atoms with Crippen LogP contribution in [-0.2, 0) is 22.7 Å². The van der Waals surface area contributed by atoms with Crippen LogP contribution >= 0.6 is 0 Å². The maximum Gasteiger partial charge on any atom is 0.490 e. The molecule has 1 aliphatic heterocycles. The van der Waals surface area contributed by atoms with E-state index in [0.717, 1.165) is 32.0 Å². The molecule has 2 aromatic heterocycles. The second kappa shape index (κ2) is 15.3. The quantitative estimate of drug-likeness (QED) is 0.427. The van der Waals surface area contributed by atoms with Crippen molar-refractivity contribution in [2.75, 3.05) is 19.6 Å². The summed E-state index contributed by atoms with van der Waals surface area (Å²) in [6.07, 6.45) is 1.54. The molecule has 2 aliphatic rings. The zero-order valence-corrected chi connectivity index (χ0v) is 21.9. The van der Waals surface area contributed by atoms with Crippen LogP contribution in [0.5, 0.6) is 0 Å². The van der Waals surface area contributed by atoms with Crippen molar-refractivity contribution in [2.24, 2.45) is 11.8 Å². The molecule has 3 N–H and O–H groups in total. The molecule has 1 amide bonds. The first-order valence-electron chi connectivity index (χ1n) is 12.7. The van der Waals surface area contributed by atoms with E-state index >= 15 is 0 Å². The third-order valence-corrected chi connectivity index (χ3v) is 6.38. The first kappa shape index (κ1) is 33.5. The first-order chi connectivity index (χ1) is 19.2. The van der Waals surface area contributed by atoms with Crippen LogP contribution in [0.1, 0.15) is 48.2 Å². The minimum Gasteiger partial charge on any atom is -0.475 e. The number of nitrogens with zero attached hydrogens (tertiary/aromatic N) is 4. The maximum absolute atomic E-state index is 12.2. The number of carboxylic acid groups (broad SMARTS) is 2. The minimum absolute atomic E-state index is 0.0423. The molecule has 1 aliphatic carbocycles. The Bertz CT molecular complexity index is 1100. The van der Waals surface area contributed by atoms with Gasteiger partial charge in [0.05, 0.1) is 11.3 Å². The van der Waals surface area contributed by atoms with E-state index in [1.807, 2.05) is 6.20 Å². The molecule has 4 rings (SSSR count). The van der Waals surface area contributed by atoms with Gasteiger partial charge in [-0.25, -0.2) is 9.59 Å². The fraction of sp³-hybridized carbons (Fsp3) is 0.560.